The van der Waals surface area contributed by atoms with Gasteiger partial charge in [-0.1, -0.05) is 37.6 Å². The highest BCUT2D eigenvalue weighted by Gasteiger charge is 2.42. The minimum atomic E-state index is -0.351. The second kappa shape index (κ2) is 6.02. The topological polar surface area (TPSA) is 55.2 Å². The zero-order chi connectivity index (χ0) is 17.5. The first-order valence-corrected chi connectivity index (χ1v) is 8.22. The summed E-state index contributed by atoms with van der Waals surface area (Å²) < 4.78 is 11.4. The standard InChI is InChI=1S/C19H20ClNO3/c1-11(6-5-7-14-13(20)8-9-21-14)15-10-16-17(18(22)24-15)19(3,4)12(2)23-16/h5-10,12,21H,1-4H3/b7-5+,11-6+/t12-/m0/s1. The number of fused-ring (bicyclic) bond motifs is 1. The third-order valence-corrected chi connectivity index (χ3v) is 4.93. The van der Waals surface area contributed by atoms with Crippen molar-refractivity contribution in [1.29, 1.82) is 0 Å². The van der Waals surface area contributed by atoms with Crippen molar-refractivity contribution in [2.75, 3.05) is 0 Å². The fourth-order valence-corrected chi connectivity index (χ4v) is 2.92. The summed E-state index contributed by atoms with van der Waals surface area (Å²) in [6.45, 7) is 7.83. The molecule has 2 aromatic rings. The highest BCUT2D eigenvalue weighted by atomic mass is 35.5. The first-order chi connectivity index (χ1) is 11.3. The monoisotopic (exact) mass is 345 g/mol. The van der Waals surface area contributed by atoms with Gasteiger partial charge < -0.3 is 14.1 Å². The maximum atomic E-state index is 12.4. The van der Waals surface area contributed by atoms with Crippen LogP contribution in [-0.4, -0.2) is 11.1 Å². The summed E-state index contributed by atoms with van der Waals surface area (Å²) in [5.41, 5.74) is 1.59. The highest BCUT2D eigenvalue weighted by molar-refractivity contribution is 6.31. The van der Waals surface area contributed by atoms with Gasteiger partial charge in [-0.3, -0.25) is 0 Å². The van der Waals surface area contributed by atoms with E-state index in [4.69, 9.17) is 20.8 Å². The van der Waals surface area contributed by atoms with Crippen LogP contribution in [0.1, 0.15) is 44.7 Å². The number of halogens is 1. The SMILES string of the molecule is C/C(=C\C=C\c1[nH]ccc1Cl)c1cc2c(c(=O)o1)C(C)(C)[C@H](C)O2. The Balaban J connectivity index is 1.91. The zero-order valence-electron chi connectivity index (χ0n) is 14.1. The maximum absolute atomic E-state index is 12.4. The summed E-state index contributed by atoms with van der Waals surface area (Å²) in [7, 11) is 0. The van der Waals surface area contributed by atoms with Crippen molar-refractivity contribution in [3.8, 4) is 5.75 Å². The second-order valence-corrected chi connectivity index (χ2v) is 6.97. The number of hydrogen-bond acceptors (Lipinski definition) is 3. The Morgan fingerprint density at radius 2 is 2.17 bits per heavy atom. The van der Waals surface area contributed by atoms with E-state index < -0.39 is 0 Å². The molecule has 0 aromatic carbocycles. The van der Waals surface area contributed by atoms with Gasteiger partial charge in [-0.25, -0.2) is 4.79 Å². The highest BCUT2D eigenvalue weighted by Crippen LogP contribution is 2.41. The molecule has 0 saturated heterocycles. The van der Waals surface area contributed by atoms with Crippen molar-refractivity contribution < 1.29 is 9.15 Å². The molecule has 4 nitrogen and oxygen atoms in total. The number of nitrogens with one attached hydrogen (secondary N) is 1. The van der Waals surface area contributed by atoms with Gasteiger partial charge in [0.25, 0.3) is 0 Å². The number of hydrogen-bond donors (Lipinski definition) is 1. The Bertz CT molecular complexity index is 886. The summed E-state index contributed by atoms with van der Waals surface area (Å²) in [5.74, 6) is 1.12. The van der Waals surface area contributed by atoms with E-state index in [0.717, 1.165) is 11.3 Å². The van der Waals surface area contributed by atoms with E-state index in [2.05, 4.69) is 4.98 Å². The van der Waals surface area contributed by atoms with Crippen LogP contribution in [0.15, 0.2) is 39.7 Å². The summed E-state index contributed by atoms with van der Waals surface area (Å²) in [4.78, 5) is 15.4. The minimum Gasteiger partial charge on any atom is -0.489 e. The average Bonchev–Trinajstić information content (AvgIpc) is 3.00. The number of ether oxygens (including phenoxy) is 1. The van der Waals surface area contributed by atoms with Gasteiger partial charge in [-0.15, -0.1) is 0 Å². The molecule has 0 unspecified atom stereocenters. The number of allylic oxidation sites excluding steroid dienone is 3. The molecule has 0 fully saturated rings. The van der Waals surface area contributed by atoms with E-state index in [-0.39, 0.29) is 17.1 Å². The fraction of sp³-hybridized carbons (Fsp3) is 0.316. The molecular formula is C19H20ClNO3. The summed E-state index contributed by atoms with van der Waals surface area (Å²) in [6.07, 6.45) is 7.29. The van der Waals surface area contributed by atoms with Crippen molar-refractivity contribution in [3.63, 3.8) is 0 Å². The first kappa shape index (κ1) is 16.7. The Hall–Kier alpha value is -2.20. The zero-order valence-corrected chi connectivity index (χ0v) is 14.9. The van der Waals surface area contributed by atoms with E-state index in [9.17, 15) is 4.79 Å². The largest absolute Gasteiger partial charge is 0.489 e. The fourth-order valence-electron chi connectivity index (χ4n) is 2.74. The van der Waals surface area contributed by atoms with Gasteiger partial charge in [0.15, 0.2) is 0 Å². The van der Waals surface area contributed by atoms with Gasteiger partial charge in [0.05, 0.1) is 16.3 Å². The van der Waals surface area contributed by atoms with Crippen LogP contribution >= 0.6 is 11.6 Å². The number of aromatic amines is 1. The smallest absolute Gasteiger partial charge is 0.343 e. The molecule has 126 valence electrons. The Morgan fingerprint density at radius 1 is 1.42 bits per heavy atom. The van der Waals surface area contributed by atoms with E-state index in [1.807, 2.05) is 45.9 Å². The van der Waals surface area contributed by atoms with Crippen LogP contribution in [0.2, 0.25) is 5.02 Å². The third-order valence-electron chi connectivity index (χ3n) is 4.60. The van der Waals surface area contributed by atoms with Crippen LogP contribution in [0.5, 0.6) is 5.75 Å². The molecule has 0 radical (unpaired) electrons. The van der Waals surface area contributed by atoms with Gasteiger partial charge in [0.1, 0.15) is 17.6 Å². The molecule has 3 heterocycles. The van der Waals surface area contributed by atoms with Crippen molar-refractivity contribution in [3.05, 3.63) is 62.9 Å². The Morgan fingerprint density at radius 3 is 2.83 bits per heavy atom. The molecule has 24 heavy (non-hydrogen) atoms. The van der Waals surface area contributed by atoms with E-state index in [1.54, 1.807) is 18.3 Å². The molecule has 0 aliphatic carbocycles. The summed E-state index contributed by atoms with van der Waals surface area (Å²) in [5, 5.41) is 0.658. The lowest BCUT2D eigenvalue weighted by Crippen LogP contribution is -2.32. The van der Waals surface area contributed by atoms with E-state index >= 15 is 0 Å². The molecule has 2 aromatic heterocycles. The number of rotatable bonds is 3. The van der Waals surface area contributed by atoms with Crippen LogP contribution in [-0.2, 0) is 5.41 Å². The van der Waals surface area contributed by atoms with Gasteiger partial charge in [-0.2, -0.15) is 0 Å². The average molecular weight is 346 g/mol. The minimum absolute atomic E-state index is 0.0650. The molecule has 1 N–H and O–H groups in total. The molecule has 1 aliphatic heterocycles. The molecule has 0 bridgehead atoms. The van der Waals surface area contributed by atoms with Gasteiger partial charge in [0.2, 0.25) is 0 Å². The number of aromatic nitrogens is 1. The van der Waals surface area contributed by atoms with Gasteiger partial charge >= 0.3 is 5.63 Å². The van der Waals surface area contributed by atoms with Crippen molar-refractivity contribution in [1.82, 2.24) is 4.98 Å². The van der Waals surface area contributed by atoms with E-state index in [0.29, 0.717) is 22.1 Å². The summed E-state index contributed by atoms with van der Waals surface area (Å²) in [6, 6.07) is 3.58. The first-order valence-electron chi connectivity index (χ1n) is 7.84. The van der Waals surface area contributed by atoms with Crippen LogP contribution < -0.4 is 10.4 Å². The maximum Gasteiger partial charge on any atom is 0.343 e. The molecular weight excluding hydrogens is 326 g/mol. The lowest BCUT2D eigenvalue weighted by atomic mass is 9.83. The molecule has 0 saturated carbocycles. The predicted molar refractivity (Wildman–Crippen MR) is 96.6 cm³/mol. The molecule has 5 heteroatoms. The van der Waals surface area contributed by atoms with Crippen molar-refractivity contribution in [2.45, 2.75) is 39.2 Å². The van der Waals surface area contributed by atoms with E-state index in [1.165, 1.54) is 0 Å². The molecule has 0 amide bonds. The van der Waals surface area contributed by atoms with Crippen LogP contribution in [0.3, 0.4) is 0 Å². The molecule has 0 spiro atoms. The number of H-pyrrole nitrogens is 1. The van der Waals surface area contributed by atoms with Gasteiger partial charge in [0, 0.05) is 17.7 Å². The normalized spacial score (nSPS) is 19.5. The van der Waals surface area contributed by atoms with Gasteiger partial charge in [-0.05, 0) is 31.6 Å². The quantitative estimate of drug-likeness (QED) is 0.813. The van der Waals surface area contributed by atoms with Crippen molar-refractivity contribution >= 4 is 23.3 Å². The van der Waals surface area contributed by atoms with Crippen LogP contribution in [0, 0.1) is 0 Å². The molecule has 1 aliphatic rings. The second-order valence-electron chi connectivity index (χ2n) is 6.57. The predicted octanol–water partition coefficient (Wildman–Crippen LogP) is 4.80. The Kier molecular flexibility index (Phi) is 4.18. The molecule has 1 atom stereocenters. The Labute approximate surface area is 145 Å². The molecule has 3 rings (SSSR count). The lowest BCUT2D eigenvalue weighted by molar-refractivity contribution is 0.185. The van der Waals surface area contributed by atoms with Crippen molar-refractivity contribution in [2.24, 2.45) is 0 Å². The lowest BCUT2D eigenvalue weighted by Gasteiger charge is -2.20. The summed E-state index contributed by atoms with van der Waals surface area (Å²) >= 11 is 6.02. The third kappa shape index (κ3) is 2.82. The van der Waals surface area contributed by atoms with Crippen LogP contribution in [0.25, 0.3) is 11.6 Å². The van der Waals surface area contributed by atoms with Crippen LogP contribution in [0.4, 0.5) is 0 Å².